The Balaban J connectivity index is 1.70. The number of nitroso groups, excluding NO2 is 1. The maximum atomic E-state index is 12.7. The molecule has 152 valence electrons. The van der Waals surface area contributed by atoms with Gasteiger partial charge in [-0.3, -0.25) is 4.90 Å². The predicted molar refractivity (Wildman–Crippen MR) is 105 cm³/mol. The van der Waals surface area contributed by atoms with Crippen LogP contribution < -0.4 is 0 Å². The molecule has 0 N–H and O–H groups in total. The van der Waals surface area contributed by atoms with Crippen LogP contribution in [0.5, 0.6) is 0 Å². The van der Waals surface area contributed by atoms with Crippen molar-refractivity contribution in [2.45, 2.75) is 40.3 Å². The Kier molecular flexibility index (Phi) is 6.48. The molecule has 0 bridgehead atoms. The Morgan fingerprint density at radius 3 is 2.61 bits per heavy atom. The van der Waals surface area contributed by atoms with Crippen molar-refractivity contribution in [3.05, 3.63) is 51.7 Å². The number of halogens is 3. The molecule has 1 saturated heterocycles. The number of methoxy groups -OCH3 is 1. The lowest BCUT2D eigenvalue weighted by atomic mass is 10.0. The quantitative estimate of drug-likeness (QED) is 0.518. The van der Waals surface area contributed by atoms with E-state index in [1.54, 1.807) is 37.1 Å². The molecule has 2 atom stereocenters. The number of nitrogens with zero attached hydrogens (tertiary/aromatic N) is 2. The second kappa shape index (κ2) is 8.52. The van der Waals surface area contributed by atoms with Crippen LogP contribution in [0.1, 0.15) is 29.8 Å². The molecule has 1 aromatic carbocycles. The van der Waals surface area contributed by atoms with Crippen LogP contribution in [-0.2, 0) is 10.3 Å². The highest BCUT2D eigenvalue weighted by atomic mass is 32.2. The van der Waals surface area contributed by atoms with Gasteiger partial charge in [-0.15, -0.1) is 11.3 Å². The Hall–Kier alpha value is -1.42. The topological polar surface area (TPSA) is 41.9 Å². The van der Waals surface area contributed by atoms with Crippen LogP contribution in [0, 0.1) is 4.91 Å². The minimum Gasteiger partial charge on any atom is -0.371 e. The van der Waals surface area contributed by atoms with E-state index in [1.807, 2.05) is 36.4 Å². The SMILES string of the molecule is COC1(c2ccc(Sc3ccc(C(C)N=O)cc3)s2)CCN(CC(F)(F)F)C1. The van der Waals surface area contributed by atoms with Gasteiger partial charge in [0.1, 0.15) is 11.6 Å². The summed E-state index contributed by atoms with van der Waals surface area (Å²) < 4.78 is 44.9. The first kappa shape index (κ1) is 21.3. The smallest absolute Gasteiger partial charge is 0.371 e. The van der Waals surface area contributed by atoms with Crippen LogP contribution in [0.2, 0.25) is 0 Å². The Morgan fingerprint density at radius 1 is 1.29 bits per heavy atom. The van der Waals surface area contributed by atoms with Crippen molar-refractivity contribution in [3.63, 3.8) is 0 Å². The zero-order valence-electron chi connectivity index (χ0n) is 15.5. The molecule has 1 aliphatic rings. The largest absolute Gasteiger partial charge is 0.401 e. The van der Waals surface area contributed by atoms with E-state index in [1.165, 1.54) is 4.90 Å². The summed E-state index contributed by atoms with van der Waals surface area (Å²) in [6, 6.07) is 11.2. The van der Waals surface area contributed by atoms with E-state index in [2.05, 4.69) is 5.18 Å². The van der Waals surface area contributed by atoms with Gasteiger partial charge in [-0.25, -0.2) is 0 Å². The van der Waals surface area contributed by atoms with Gasteiger partial charge in [-0.1, -0.05) is 29.1 Å². The van der Waals surface area contributed by atoms with Crippen molar-refractivity contribution in [1.82, 2.24) is 4.90 Å². The highest BCUT2D eigenvalue weighted by molar-refractivity contribution is 8.01. The summed E-state index contributed by atoms with van der Waals surface area (Å²) in [6.07, 6.45) is -3.67. The molecule has 0 aliphatic carbocycles. The third kappa shape index (κ3) is 4.94. The zero-order valence-corrected chi connectivity index (χ0v) is 17.2. The summed E-state index contributed by atoms with van der Waals surface area (Å²) >= 11 is 3.12. The van der Waals surface area contributed by atoms with Crippen LogP contribution in [-0.4, -0.2) is 37.8 Å². The summed E-state index contributed by atoms with van der Waals surface area (Å²) in [7, 11) is 1.56. The summed E-state index contributed by atoms with van der Waals surface area (Å²) in [5, 5.41) is 3.02. The standard InChI is InChI=1S/C19H21F3N2O2S2/c1-13(23-25)14-3-5-15(6-4-14)27-17-8-7-16(28-17)18(26-2)9-10-24(11-18)12-19(20,21)22/h3-8,13H,9-12H2,1-2H3. The van der Waals surface area contributed by atoms with Crippen molar-refractivity contribution >= 4 is 23.1 Å². The number of benzene rings is 1. The highest BCUT2D eigenvalue weighted by Crippen LogP contribution is 2.43. The summed E-state index contributed by atoms with van der Waals surface area (Å²) in [5.74, 6) is 0. The van der Waals surface area contributed by atoms with E-state index >= 15 is 0 Å². The van der Waals surface area contributed by atoms with E-state index in [-0.39, 0.29) is 12.6 Å². The van der Waals surface area contributed by atoms with Gasteiger partial charge < -0.3 is 4.74 Å². The maximum Gasteiger partial charge on any atom is 0.401 e. The number of ether oxygens (including phenoxy) is 1. The van der Waals surface area contributed by atoms with Gasteiger partial charge in [0.2, 0.25) is 0 Å². The van der Waals surface area contributed by atoms with Gasteiger partial charge in [0, 0.05) is 30.0 Å². The van der Waals surface area contributed by atoms with E-state index in [0.29, 0.717) is 13.0 Å². The Labute approximate surface area is 170 Å². The molecule has 4 nitrogen and oxygen atoms in total. The highest BCUT2D eigenvalue weighted by Gasteiger charge is 2.44. The van der Waals surface area contributed by atoms with E-state index in [4.69, 9.17) is 4.74 Å². The lowest BCUT2D eigenvalue weighted by Gasteiger charge is -2.27. The molecule has 2 aromatic rings. The molecule has 0 spiro atoms. The molecule has 1 aromatic heterocycles. The van der Waals surface area contributed by atoms with E-state index in [0.717, 1.165) is 19.5 Å². The molecule has 3 rings (SSSR count). The average molecular weight is 431 g/mol. The lowest BCUT2D eigenvalue weighted by Crippen LogP contribution is -2.36. The first-order chi connectivity index (χ1) is 13.2. The second-order valence-electron chi connectivity index (χ2n) is 6.85. The van der Waals surface area contributed by atoms with Crippen LogP contribution in [0.3, 0.4) is 0 Å². The minimum atomic E-state index is -4.21. The van der Waals surface area contributed by atoms with E-state index in [9.17, 15) is 18.1 Å². The number of rotatable bonds is 7. The monoisotopic (exact) mass is 430 g/mol. The number of alkyl halides is 3. The van der Waals surface area contributed by atoms with Crippen LogP contribution >= 0.6 is 23.1 Å². The molecule has 0 saturated carbocycles. The third-order valence-corrected chi connectivity index (χ3v) is 7.28. The first-order valence-corrected chi connectivity index (χ1v) is 10.4. The van der Waals surface area contributed by atoms with Gasteiger partial charge in [-0.2, -0.15) is 18.1 Å². The summed E-state index contributed by atoms with van der Waals surface area (Å²) in [5.41, 5.74) is 0.171. The van der Waals surface area contributed by atoms with Gasteiger partial charge in [-0.05, 0) is 43.2 Å². The average Bonchev–Trinajstić information content (AvgIpc) is 3.28. The zero-order chi connectivity index (χ0) is 20.4. The Morgan fingerprint density at radius 2 is 2.00 bits per heavy atom. The van der Waals surface area contributed by atoms with Crippen molar-refractivity contribution in [1.29, 1.82) is 0 Å². The van der Waals surface area contributed by atoms with Crippen LogP contribution in [0.15, 0.2) is 50.7 Å². The fraction of sp³-hybridized carbons (Fsp3) is 0.474. The fourth-order valence-corrected chi connectivity index (χ4v) is 5.62. The van der Waals surface area contributed by atoms with Crippen molar-refractivity contribution in [3.8, 4) is 0 Å². The van der Waals surface area contributed by atoms with Crippen molar-refractivity contribution in [2.75, 3.05) is 26.7 Å². The van der Waals surface area contributed by atoms with E-state index < -0.39 is 18.3 Å². The summed E-state index contributed by atoms with van der Waals surface area (Å²) in [6.45, 7) is 1.43. The molecule has 0 amide bonds. The molecule has 1 fully saturated rings. The molecule has 0 radical (unpaired) electrons. The number of hydrogen-bond acceptors (Lipinski definition) is 6. The molecule has 9 heteroatoms. The molecule has 1 aliphatic heterocycles. The molecule has 28 heavy (non-hydrogen) atoms. The summed E-state index contributed by atoms with van der Waals surface area (Å²) in [4.78, 5) is 14.0. The van der Waals surface area contributed by atoms with Crippen molar-refractivity contribution < 1.29 is 17.9 Å². The van der Waals surface area contributed by atoms with Gasteiger partial charge in [0.25, 0.3) is 0 Å². The van der Waals surface area contributed by atoms with Crippen molar-refractivity contribution in [2.24, 2.45) is 5.18 Å². The molecular formula is C19H21F3N2O2S2. The maximum absolute atomic E-state index is 12.7. The normalized spacial score (nSPS) is 21.8. The van der Waals surface area contributed by atoms with Crippen LogP contribution in [0.4, 0.5) is 13.2 Å². The molecular weight excluding hydrogens is 409 g/mol. The number of likely N-dealkylation sites (tertiary alicyclic amines) is 1. The fourth-order valence-electron chi connectivity index (χ4n) is 3.33. The van der Waals surface area contributed by atoms with Gasteiger partial charge in [0.05, 0.1) is 10.8 Å². The first-order valence-electron chi connectivity index (χ1n) is 8.79. The molecule has 2 unspecified atom stereocenters. The third-order valence-electron chi connectivity index (χ3n) is 4.87. The van der Waals surface area contributed by atoms with Gasteiger partial charge >= 0.3 is 6.18 Å². The van der Waals surface area contributed by atoms with Crippen LogP contribution in [0.25, 0.3) is 0 Å². The lowest BCUT2D eigenvalue weighted by molar-refractivity contribution is -0.145. The number of thiophene rings is 1. The predicted octanol–water partition coefficient (Wildman–Crippen LogP) is 5.84. The number of hydrogen-bond donors (Lipinski definition) is 0. The van der Waals surface area contributed by atoms with Gasteiger partial charge in [0.15, 0.2) is 0 Å². The molecule has 2 heterocycles. The second-order valence-corrected chi connectivity index (χ2v) is 9.30. The minimum absolute atomic E-state index is 0.235. The Bertz CT molecular complexity index is 810.